The van der Waals surface area contributed by atoms with E-state index < -0.39 is 83.5 Å². The minimum atomic E-state index is -5.36. The van der Waals surface area contributed by atoms with E-state index in [1.807, 2.05) is 0 Å². The predicted octanol–water partition coefficient (Wildman–Crippen LogP) is 7.39. The van der Waals surface area contributed by atoms with E-state index in [0.717, 1.165) is 77.0 Å². The lowest BCUT2D eigenvalue weighted by molar-refractivity contribution is -0.216. The molecule has 1 aliphatic rings. The molecule has 1 saturated carbocycles. The Morgan fingerprint density at radius 1 is 0.542 bits per heavy atom. The standard InChI is InChI=1S/C41H76O16P2/c1-3-5-7-9-11-13-15-17-19-21-23-25-27-29-34(42)53-31-33(55-35(43)30-28-26-24-22-20-18-16-14-12-10-8-6-4-2)32-54-59(51,52)57-41-38(46)36(44)37(45)40(39(41)47)56-58(48,49)50/h7,9,13,15,33,36-41,44-47H,3-6,8,10-12,14,16-32H2,1-2H3,(H,51,52)(H2,48,49,50)/b9-7-,15-13-/t33-,36?,37?,38?,39?,40-,41+/m1/s1. The van der Waals surface area contributed by atoms with Gasteiger partial charge in [-0.1, -0.05) is 141 Å². The molecule has 8 atom stereocenters. The fourth-order valence-corrected chi connectivity index (χ4v) is 8.13. The van der Waals surface area contributed by atoms with Crippen molar-refractivity contribution in [3.8, 4) is 0 Å². The Labute approximate surface area is 352 Å². The molecule has 0 spiro atoms. The second kappa shape index (κ2) is 33.1. The zero-order valence-electron chi connectivity index (χ0n) is 35.4. The Bertz CT molecular complexity index is 1260. The highest BCUT2D eigenvalue weighted by atomic mass is 31.2. The summed E-state index contributed by atoms with van der Waals surface area (Å²) in [5.41, 5.74) is 0. The van der Waals surface area contributed by atoms with Crippen molar-refractivity contribution in [2.45, 2.75) is 211 Å². The lowest BCUT2D eigenvalue weighted by atomic mass is 9.85. The Morgan fingerprint density at radius 3 is 1.54 bits per heavy atom. The minimum absolute atomic E-state index is 0.0446. The number of unbranched alkanes of at least 4 members (excludes halogenated alkanes) is 18. The van der Waals surface area contributed by atoms with Crippen molar-refractivity contribution < 1.29 is 76.9 Å². The maximum Gasteiger partial charge on any atom is 0.472 e. The molecule has 16 nitrogen and oxygen atoms in total. The van der Waals surface area contributed by atoms with Crippen molar-refractivity contribution in [1.29, 1.82) is 0 Å². The molecule has 0 saturated heterocycles. The van der Waals surface area contributed by atoms with Crippen LogP contribution in [0, 0.1) is 0 Å². The summed E-state index contributed by atoms with van der Waals surface area (Å²) in [4.78, 5) is 54.1. The number of ether oxygens (including phenoxy) is 2. The van der Waals surface area contributed by atoms with Crippen LogP contribution in [0.4, 0.5) is 0 Å². The Balaban J connectivity index is 2.64. The third kappa shape index (κ3) is 27.9. The molecule has 0 aromatic rings. The van der Waals surface area contributed by atoms with Gasteiger partial charge in [0.15, 0.2) is 6.10 Å². The molecule has 0 aliphatic heterocycles. The number of esters is 2. The van der Waals surface area contributed by atoms with Gasteiger partial charge in [0.25, 0.3) is 0 Å². The SMILES string of the molecule is CCC/C=C\C/C=C\CCCCCCCC(=O)OC[C@H](COP(=O)(O)O[C@H]1C(O)C(O)C(O)[C@@H](OP(=O)(O)O)C1O)OC(=O)CCCCCCCCCCCCCCC. The summed E-state index contributed by atoms with van der Waals surface area (Å²) in [6.45, 7) is 3.01. The van der Waals surface area contributed by atoms with Gasteiger partial charge >= 0.3 is 27.6 Å². The number of aliphatic hydroxyl groups excluding tert-OH is 4. The molecule has 0 aromatic carbocycles. The number of allylic oxidation sites excluding steroid dienone is 4. The van der Waals surface area contributed by atoms with Crippen LogP contribution in [0.3, 0.4) is 0 Å². The molecular weight excluding hydrogens is 810 g/mol. The van der Waals surface area contributed by atoms with Gasteiger partial charge in [-0.05, 0) is 38.5 Å². The second-order valence-corrected chi connectivity index (χ2v) is 18.0. The predicted molar refractivity (Wildman–Crippen MR) is 223 cm³/mol. The molecule has 0 radical (unpaired) electrons. The van der Waals surface area contributed by atoms with Crippen molar-refractivity contribution in [2.24, 2.45) is 0 Å². The fourth-order valence-electron chi connectivity index (χ4n) is 6.59. The number of hydrogen-bond acceptors (Lipinski definition) is 13. The van der Waals surface area contributed by atoms with Crippen LogP contribution in [0.5, 0.6) is 0 Å². The summed E-state index contributed by atoms with van der Waals surface area (Å²) in [5, 5.41) is 41.1. The quantitative estimate of drug-likeness (QED) is 0.0140. The molecule has 346 valence electrons. The number of carbonyl (C=O) groups excluding carboxylic acids is 2. The zero-order chi connectivity index (χ0) is 43.9. The zero-order valence-corrected chi connectivity index (χ0v) is 37.2. The molecule has 7 N–H and O–H groups in total. The van der Waals surface area contributed by atoms with Crippen LogP contribution in [0.25, 0.3) is 0 Å². The van der Waals surface area contributed by atoms with E-state index in [9.17, 15) is 44.0 Å². The lowest BCUT2D eigenvalue weighted by Crippen LogP contribution is -2.64. The Morgan fingerprint density at radius 2 is 1.02 bits per heavy atom. The molecule has 0 aromatic heterocycles. The summed E-state index contributed by atoms with van der Waals surface area (Å²) in [6, 6.07) is 0. The second-order valence-electron chi connectivity index (χ2n) is 15.4. The van der Waals surface area contributed by atoms with Crippen molar-refractivity contribution >= 4 is 27.6 Å². The van der Waals surface area contributed by atoms with E-state index in [-0.39, 0.29) is 12.8 Å². The van der Waals surface area contributed by atoms with Crippen molar-refractivity contribution in [3.63, 3.8) is 0 Å². The third-order valence-electron chi connectivity index (χ3n) is 10.0. The summed E-state index contributed by atoms with van der Waals surface area (Å²) in [5.74, 6) is -1.22. The minimum Gasteiger partial charge on any atom is -0.462 e. The van der Waals surface area contributed by atoms with Crippen LogP contribution in [0.1, 0.15) is 168 Å². The number of phosphoric ester groups is 2. The van der Waals surface area contributed by atoms with Gasteiger partial charge in [-0.3, -0.25) is 23.2 Å². The van der Waals surface area contributed by atoms with E-state index >= 15 is 0 Å². The summed E-state index contributed by atoms with van der Waals surface area (Å²) >= 11 is 0. The molecule has 0 bridgehead atoms. The van der Waals surface area contributed by atoms with Crippen molar-refractivity contribution in [1.82, 2.24) is 0 Å². The average Bonchev–Trinajstić information content (AvgIpc) is 3.18. The smallest absolute Gasteiger partial charge is 0.462 e. The molecule has 5 unspecified atom stereocenters. The monoisotopic (exact) mass is 886 g/mol. The van der Waals surface area contributed by atoms with Gasteiger partial charge in [-0.25, -0.2) is 9.13 Å². The maximum absolute atomic E-state index is 12.9. The van der Waals surface area contributed by atoms with Gasteiger partial charge in [-0.15, -0.1) is 0 Å². The molecular formula is C41H76O16P2. The number of phosphoric acid groups is 2. The molecule has 0 heterocycles. The third-order valence-corrected chi connectivity index (χ3v) is 11.5. The van der Waals surface area contributed by atoms with E-state index in [1.54, 1.807) is 0 Å². The van der Waals surface area contributed by atoms with Gasteiger partial charge in [0.05, 0.1) is 6.61 Å². The highest BCUT2D eigenvalue weighted by Gasteiger charge is 2.54. The molecule has 0 amide bonds. The van der Waals surface area contributed by atoms with Gasteiger partial charge in [0, 0.05) is 12.8 Å². The van der Waals surface area contributed by atoms with Crippen LogP contribution in [0.15, 0.2) is 24.3 Å². The lowest BCUT2D eigenvalue weighted by Gasteiger charge is -2.43. The maximum atomic E-state index is 12.9. The first-order valence-corrected chi connectivity index (χ1v) is 24.9. The van der Waals surface area contributed by atoms with Crippen LogP contribution >= 0.6 is 15.6 Å². The van der Waals surface area contributed by atoms with Crippen LogP contribution < -0.4 is 0 Å². The van der Waals surface area contributed by atoms with E-state index in [1.165, 1.54) is 51.4 Å². The largest absolute Gasteiger partial charge is 0.472 e. The molecule has 18 heteroatoms. The number of aliphatic hydroxyl groups is 4. The summed E-state index contributed by atoms with van der Waals surface area (Å²) in [6.07, 6.45) is 17.2. The van der Waals surface area contributed by atoms with E-state index in [4.69, 9.17) is 28.3 Å². The van der Waals surface area contributed by atoms with Crippen LogP contribution in [-0.4, -0.2) is 103 Å². The Hall–Kier alpha value is -1.52. The van der Waals surface area contributed by atoms with Crippen molar-refractivity contribution in [3.05, 3.63) is 24.3 Å². The first-order chi connectivity index (χ1) is 28.1. The van der Waals surface area contributed by atoms with Gasteiger partial charge in [-0.2, -0.15) is 0 Å². The van der Waals surface area contributed by atoms with Crippen molar-refractivity contribution in [2.75, 3.05) is 13.2 Å². The van der Waals surface area contributed by atoms with E-state index in [2.05, 4.69) is 42.7 Å². The van der Waals surface area contributed by atoms with Crippen LogP contribution in [-0.2, 0) is 41.8 Å². The average molecular weight is 887 g/mol. The summed E-state index contributed by atoms with van der Waals surface area (Å²) < 4.78 is 49.2. The highest BCUT2D eigenvalue weighted by molar-refractivity contribution is 7.47. The topological polar surface area (TPSA) is 256 Å². The van der Waals surface area contributed by atoms with Crippen LogP contribution in [0.2, 0.25) is 0 Å². The first-order valence-electron chi connectivity index (χ1n) is 21.9. The molecule has 59 heavy (non-hydrogen) atoms. The summed E-state index contributed by atoms with van der Waals surface area (Å²) in [7, 11) is -10.7. The Kier molecular flexibility index (Phi) is 31.1. The first kappa shape index (κ1) is 55.5. The van der Waals surface area contributed by atoms with Gasteiger partial charge < -0.3 is 44.6 Å². The molecule has 1 fully saturated rings. The normalized spacial score (nSPS) is 22.8. The number of rotatable bonds is 36. The number of hydrogen-bond donors (Lipinski definition) is 7. The highest BCUT2D eigenvalue weighted by Crippen LogP contribution is 2.49. The fraction of sp³-hybridized carbons (Fsp3) is 0.854. The van der Waals surface area contributed by atoms with E-state index in [0.29, 0.717) is 12.8 Å². The number of carbonyl (C=O) groups is 2. The molecule has 1 aliphatic carbocycles. The van der Waals surface area contributed by atoms with Gasteiger partial charge in [0.1, 0.15) is 43.2 Å². The molecule has 1 rings (SSSR count). The van der Waals surface area contributed by atoms with Gasteiger partial charge in [0.2, 0.25) is 0 Å².